The third kappa shape index (κ3) is 9.85. The van der Waals surface area contributed by atoms with E-state index >= 15 is 0 Å². The SMILES string of the molecule is [BeH2].[O]=[Nb][Ta]. The van der Waals surface area contributed by atoms with Crippen LogP contribution in [0.5, 0.6) is 0 Å². The van der Waals surface area contributed by atoms with E-state index in [0.29, 0.717) is 0 Å². The van der Waals surface area contributed by atoms with E-state index in [4.69, 9.17) is 3.25 Å². The molecule has 0 fully saturated rings. The van der Waals surface area contributed by atoms with Crippen LogP contribution < -0.4 is 0 Å². The number of hydrogen-bond donors (Lipinski definition) is 0. The second-order valence-electron chi connectivity index (χ2n) is 0.0816. The summed E-state index contributed by atoms with van der Waals surface area (Å²) in [6.45, 7) is 0. The summed E-state index contributed by atoms with van der Waals surface area (Å²) >= 11 is 0.326. The minimum absolute atomic E-state index is 0. The van der Waals surface area contributed by atoms with Gasteiger partial charge in [0.1, 0.15) is 0 Å². The van der Waals surface area contributed by atoms with Crippen LogP contribution in [0.3, 0.4) is 0 Å². The van der Waals surface area contributed by atoms with E-state index in [1.165, 1.54) is 0 Å². The van der Waals surface area contributed by atoms with Crippen molar-refractivity contribution in [3.63, 3.8) is 0 Å². The van der Waals surface area contributed by atoms with Crippen LogP contribution in [0.15, 0.2) is 0 Å². The zero-order valence-corrected chi connectivity index (χ0v) is 6.71. The quantitative estimate of drug-likeness (QED) is 0.523. The van der Waals surface area contributed by atoms with Gasteiger partial charge in [-0.05, 0) is 0 Å². The zero-order valence-electron chi connectivity index (χ0n) is 1.30. The van der Waals surface area contributed by atoms with E-state index < -0.39 is 16.3 Å². The van der Waals surface area contributed by atoms with Gasteiger partial charge in [0.15, 0.2) is 0 Å². The Kier molecular flexibility index (Phi) is 20.0. The van der Waals surface area contributed by atoms with Crippen molar-refractivity contribution in [1.29, 1.82) is 0 Å². The van der Waals surface area contributed by atoms with Crippen molar-refractivity contribution in [3.8, 4) is 0 Å². The molecule has 0 aromatic heterocycles. The Morgan fingerprint density at radius 2 is 1.75 bits per heavy atom. The number of rotatable bonds is 0. The van der Waals surface area contributed by atoms with E-state index in [0.717, 1.165) is 17.6 Å². The van der Waals surface area contributed by atoms with Gasteiger partial charge in [-0.15, -0.1) is 0 Å². The summed E-state index contributed by atoms with van der Waals surface area (Å²) in [4.78, 5) is 0. The minimum atomic E-state index is -0.789. The molecule has 0 saturated carbocycles. The van der Waals surface area contributed by atoms with Crippen LogP contribution in [0.25, 0.3) is 0 Å². The summed E-state index contributed by atoms with van der Waals surface area (Å²) in [6.07, 6.45) is 0. The molecule has 0 N–H and O–H groups in total. The Morgan fingerprint density at radius 3 is 1.75 bits per heavy atom. The van der Waals surface area contributed by atoms with Crippen molar-refractivity contribution in [2.75, 3.05) is 0 Å². The van der Waals surface area contributed by atoms with Crippen LogP contribution in [-0.4, -0.2) is 10.1 Å². The van der Waals surface area contributed by atoms with Crippen molar-refractivity contribution < 1.29 is 37.2 Å². The summed E-state index contributed by atoms with van der Waals surface area (Å²) in [5.41, 5.74) is 0. The van der Waals surface area contributed by atoms with Gasteiger partial charge in [0.25, 0.3) is 0 Å². The molecular weight excluding hydrogens is 299 g/mol. The summed E-state index contributed by atoms with van der Waals surface area (Å²) in [6, 6.07) is 0. The molecular formula is H2BeNbOTa. The van der Waals surface area contributed by atoms with Crippen molar-refractivity contribution in [3.05, 3.63) is 0 Å². The van der Waals surface area contributed by atoms with E-state index in [-0.39, 0.29) is 10.1 Å². The molecule has 0 amide bonds. The van der Waals surface area contributed by atoms with Gasteiger partial charge in [-0.3, -0.25) is 0 Å². The van der Waals surface area contributed by atoms with Crippen LogP contribution >= 0.6 is 0 Å². The van der Waals surface area contributed by atoms with Crippen molar-refractivity contribution >= 4 is 10.1 Å². The first-order valence-electron chi connectivity index (χ1n) is 0.383. The van der Waals surface area contributed by atoms with Crippen molar-refractivity contribution in [1.82, 2.24) is 0 Å². The Labute approximate surface area is 47.0 Å². The molecule has 4 heavy (non-hydrogen) atoms. The van der Waals surface area contributed by atoms with E-state index in [9.17, 15) is 0 Å². The molecule has 0 atom stereocenters. The monoisotopic (exact) mass is 301 g/mol. The average molecular weight is 301 g/mol. The van der Waals surface area contributed by atoms with Crippen LogP contribution in [0.2, 0.25) is 0 Å². The van der Waals surface area contributed by atoms with Gasteiger partial charge in [-0.2, -0.15) is 0 Å². The molecule has 0 rings (SSSR count). The van der Waals surface area contributed by atoms with Gasteiger partial charge >= 0.3 is 47.3 Å². The van der Waals surface area contributed by atoms with Gasteiger partial charge in [-0.1, -0.05) is 0 Å². The first-order valence-corrected chi connectivity index (χ1v) is 10.8. The van der Waals surface area contributed by atoms with Crippen LogP contribution in [0.4, 0.5) is 0 Å². The van der Waals surface area contributed by atoms with Crippen LogP contribution in [0.1, 0.15) is 0 Å². The van der Waals surface area contributed by atoms with Gasteiger partial charge in [0.05, 0.1) is 0 Å². The second-order valence-corrected chi connectivity index (χ2v) is 3.95. The third-order valence-electron chi connectivity index (χ3n) is 0. The fraction of sp³-hybridized carbons (Fsp3) is 0. The molecule has 0 aliphatic carbocycles. The molecule has 0 aromatic rings. The molecule has 20 valence electrons. The normalized spacial score (nSPS) is 3.00. The molecule has 1 nitrogen and oxygen atoms in total. The van der Waals surface area contributed by atoms with Crippen molar-refractivity contribution in [2.45, 2.75) is 0 Å². The maximum absolute atomic E-state index is 9.13. The summed E-state index contributed by atoms with van der Waals surface area (Å²) in [5, 5.41) is 0. The van der Waals surface area contributed by atoms with Gasteiger partial charge < -0.3 is 0 Å². The third-order valence-corrected chi connectivity index (χ3v) is 0. The molecule has 4 heteroatoms. The summed E-state index contributed by atoms with van der Waals surface area (Å²) < 4.78 is 9.13. The zero-order chi connectivity index (χ0) is 2.71. The molecule has 0 heterocycles. The topological polar surface area (TPSA) is 17.1 Å². The van der Waals surface area contributed by atoms with E-state index in [1.807, 2.05) is 0 Å². The predicted octanol–water partition coefficient (Wildman–Crippen LogP) is -1.04. The standard InChI is InChI=1S/Be.Nb.O.Ta.2H. The predicted molar refractivity (Wildman–Crippen MR) is 9.23 cm³/mol. The Hall–Kier alpha value is 1.45. The van der Waals surface area contributed by atoms with Gasteiger partial charge in [-0.25, -0.2) is 0 Å². The Bertz CT molecular complexity index is 15.5. The second kappa shape index (κ2) is 8.82. The molecule has 0 radical (unpaired) electrons. The molecule has 0 aromatic carbocycles. The first kappa shape index (κ1) is 9.07. The average Bonchev–Trinajstić information content (AvgIpc) is 0.918. The molecule has 0 aliphatic heterocycles. The van der Waals surface area contributed by atoms with Crippen LogP contribution in [-0.2, 0) is 37.2 Å². The molecule has 0 unspecified atom stereocenters. The van der Waals surface area contributed by atoms with Gasteiger partial charge in [0, 0.05) is 0 Å². The summed E-state index contributed by atoms with van der Waals surface area (Å²) in [7, 11) is 0. The molecule has 0 aliphatic rings. The Balaban J connectivity index is 0. The van der Waals surface area contributed by atoms with E-state index in [2.05, 4.69) is 0 Å². The molecule has 0 bridgehead atoms. The summed E-state index contributed by atoms with van der Waals surface area (Å²) in [5.74, 6) is 0. The molecule has 0 saturated heterocycles. The first-order chi connectivity index (χ1) is 1.41. The van der Waals surface area contributed by atoms with E-state index in [1.54, 1.807) is 0 Å². The number of hydrogen-bond acceptors (Lipinski definition) is 1. The van der Waals surface area contributed by atoms with Crippen LogP contribution in [0, 0.1) is 0 Å². The Morgan fingerprint density at radius 1 is 1.75 bits per heavy atom. The fourth-order valence-corrected chi connectivity index (χ4v) is 0. The fourth-order valence-electron chi connectivity index (χ4n) is 0. The van der Waals surface area contributed by atoms with Gasteiger partial charge in [0.2, 0.25) is 0 Å². The maximum atomic E-state index is 9.13. The van der Waals surface area contributed by atoms with Crippen molar-refractivity contribution in [2.24, 2.45) is 0 Å². The molecule has 0 spiro atoms.